The van der Waals surface area contributed by atoms with Crippen molar-refractivity contribution >= 4 is 71.2 Å². The molecule has 0 bridgehead atoms. The lowest BCUT2D eigenvalue weighted by atomic mass is 9.78. The third-order valence-electron chi connectivity index (χ3n) is 17.8. The van der Waals surface area contributed by atoms with Gasteiger partial charge in [0.05, 0.1) is 22.4 Å². The minimum Gasteiger partial charge on any atom is -0.310 e. The van der Waals surface area contributed by atoms with E-state index in [1.165, 1.54) is 127 Å². The van der Waals surface area contributed by atoms with Gasteiger partial charge in [0.1, 0.15) is 0 Å². The Bertz CT molecular complexity index is 4140. The van der Waals surface area contributed by atoms with Gasteiger partial charge in [0.25, 0.3) is 0 Å². The molecule has 0 N–H and O–H groups in total. The number of hydrogen-bond donors (Lipinski definition) is 0. The van der Waals surface area contributed by atoms with E-state index in [0.717, 1.165) is 11.4 Å². The van der Waals surface area contributed by atoms with Crippen LogP contribution in [-0.4, -0.2) is 4.57 Å². The molecule has 0 fully saturated rings. The molecule has 0 aliphatic carbocycles. The predicted molar refractivity (Wildman–Crippen MR) is 361 cm³/mol. The molecule has 2 nitrogen and oxygen atoms in total. The Labute approximate surface area is 492 Å². The van der Waals surface area contributed by atoms with Gasteiger partial charge >= 0.3 is 0 Å². The zero-order valence-electron chi connectivity index (χ0n) is 53.5. The highest BCUT2D eigenvalue weighted by Crippen LogP contribution is 2.49. The van der Waals surface area contributed by atoms with Crippen LogP contribution in [0.4, 0.5) is 17.1 Å². The maximum Gasteiger partial charge on any atom is 0.0541 e. The summed E-state index contributed by atoms with van der Waals surface area (Å²) < 4.78 is 2.54. The molecule has 11 aromatic rings. The average Bonchev–Trinajstić information content (AvgIpc) is 3.14. The van der Waals surface area contributed by atoms with Crippen LogP contribution in [0.5, 0.6) is 0 Å². The average molecular weight is 1080 g/mol. The Morgan fingerprint density at radius 2 is 0.622 bits per heavy atom. The summed E-state index contributed by atoms with van der Waals surface area (Å²) in [6, 6.07) is 64.7. The molecule has 420 valence electrons. The van der Waals surface area contributed by atoms with Crippen LogP contribution in [0, 0.1) is 0 Å². The monoisotopic (exact) mass is 1080 g/mol. The van der Waals surface area contributed by atoms with E-state index in [1.807, 2.05) is 0 Å². The minimum atomic E-state index is -0.0736. The molecule has 1 aromatic heterocycles. The summed E-state index contributed by atoms with van der Waals surface area (Å²) >= 11 is 0. The van der Waals surface area contributed by atoms with Gasteiger partial charge in [-0.2, -0.15) is 0 Å². The normalized spacial score (nSPS) is 13.4. The van der Waals surface area contributed by atoms with Crippen LogP contribution in [-0.2, 0) is 37.9 Å². The lowest BCUT2D eigenvalue weighted by Crippen LogP contribution is -2.19. The van der Waals surface area contributed by atoms with Gasteiger partial charge in [-0.15, -0.1) is 0 Å². The van der Waals surface area contributed by atoms with E-state index < -0.39 is 0 Å². The van der Waals surface area contributed by atoms with E-state index >= 15 is 0 Å². The first-order valence-electron chi connectivity index (χ1n) is 30.2. The summed E-state index contributed by atoms with van der Waals surface area (Å²) in [5.41, 5.74) is 21.4. The number of nitrogens with zero attached hydrogens (tertiary/aromatic N) is 2. The van der Waals surface area contributed by atoms with Crippen LogP contribution >= 0.6 is 0 Å². The van der Waals surface area contributed by atoms with Crippen molar-refractivity contribution in [3.05, 3.63) is 203 Å². The van der Waals surface area contributed by atoms with Crippen molar-refractivity contribution in [2.24, 2.45) is 0 Å². The Hall–Kier alpha value is -7.16. The van der Waals surface area contributed by atoms with Gasteiger partial charge in [0.2, 0.25) is 0 Å². The quantitative estimate of drug-likeness (QED) is 0.151. The Morgan fingerprint density at radius 3 is 1.07 bits per heavy atom. The fraction of sp³-hybridized carbons (Fsp3) is 0.350. The predicted octanol–water partition coefficient (Wildman–Crippen LogP) is 23.6. The molecule has 0 radical (unpaired) electrons. The molecule has 0 saturated heterocycles. The summed E-state index contributed by atoms with van der Waals surface area (Å²) in [6.07, 6.45) is 0. The highest BCUT2D eigenvalue weighted by atomic mass is 15.1. The van der Waals surface area contributed by atoms with Crippen LogP contribution in [0.1, 0.15) is 184 Å². The lowest BCUT2D eigenvalue weighted by Gasteiger charge is -2.32. The molecule has 0 aliphatic rings. The van der Waals surface area contributed by atoms with E-state index in [-0.39, 0.29) is 37.9 Å². The number of rotatable bonds is 6. The number of anilines is 3. The van der Waals surface area contributed by atoms with E-state index in [9.17, 15) is 0 Å². The minimum absolute atomic E-state index is 0.0152. The molecule has 0 spiro atoms. The molecule has 0 atom stereocenters. The molecule has 0 unspecified atom stereocenters. The van der Waals surface area contributed by atoms with Crippen LogP contribution in [0.2, 0.25) is 0 Å². The first-order chi connectivity index (χ1) is 38.0. The summed E-state index contributed by atoms with van der Waals surface area (Å²) in [5, 5.41) is 10.2. The SMILES string of the molecule is CC(C)(C)c1cc(-c2ccc(N(c3cc(C(C)(C)C)cc(C(C)(C)C)c3)c3ccc4ccc5c(-n6c7ccc(C(C)(C)C)cc7c7cc(C(C)(C)C)ccc76)ccc6ccc3c4c65)cc2)cc(-c2cc(C(C)(C)C)cc(C(C)(C)C)c2)c1. The second kappa shape index (κ2) is 19.2. The second-order valence-corrected chi connectivity index (χ2v) is 31.4. The van der Waals surface area contributed by atoms with E-state index in [4.69, 9.17) is 0 Å². The summed E-state index contributed by atoms with van der Waals surface area (Å²) in [5.74, 6) is 0. The molecule has 10 aromatic carbocycles. The zero-order chi connectivity index (χ0) is 59.2. The van der Waals surface area contributed by atoms with Crippen LogP contribution < -0.4 is 4.90 Å². The van der Waals surface area contributed by atoms with Gasteiger partial charge in [0.15, 0.2) is 0 Å². The number of fused-ring (bicyclic) bond motifs is 3. The van der Waals surface area contributed by atoms with Crippen molar-refractivity contribution < 1.29 is 0 Å². The van der Waals surface area contributed by atoms with Crippen LogP contribution in [0.25, 0.3) is 82.1 Å². The molecule has 1 heterocycles. The molecule has 0 saturated carbocycles. The number of aromatic nitrogens is 1. The summed E-state index contributed by atoms with van der Waals surface area (Å²) in [6.45, 7) is 49.0. The van der Waals surface area contributed by atoms with Gasteiger partial charge in [-0.1, -0.05) is 242 Å². The maximum absolute atomic E-state index is 2.55. The number of benzene rings is 10. The van der Waals surface area contributed by atoms with Crippen molar-refractivity contribution in [2.45, 2.75) is 183 Å². The third kappa shape index (κ3) is 10.3. The highest BCUT2D eigenvalue weighted by Gasteiger charge is 2.28. The van der Waals surface area contributed by atoms with Gasteiger partial charge < -0.3 is 9.47 Å². The molecule has 2 heteroatoms. The Morgan fingerprint density at radius 1 is 0.256 bits per heavy atom. The van der Waals surface area contributed by atoms with Gasteiger partial charge in [-0.3, -0.25) is 0 Å². The summed E-state index contributed by atoms with van der Waals surface area (Å²) in [4.78, 5) is 2.55. The largest absolute Gasteiger partial charge is 0.310 e. The third-order valence-corrected chi connectivity index (χ3v) is 17.8. The van der Waals surface area contributed by atoms with E-state index in [0.29, 0.717) is 0 Å². The molecule has 82 heavy (non-hydrogen) atoms. The standard InChI is InChI=1S/C80H90N2/c1-74(2,3)55-28-36-70-66(47-55)67-48-56(75(4,5)6)29-37-71(67)82(70)69-35-27-51-24-32-64-68(34-26-50-25-33-65(69)73(51)72(50)64)81(63-45-60(79(16,17)18)44-61(46-63)80(19,20)21)62-30-22-49(23-31-62)52-38-53(40-57(39-52)76(7,8)9)54-41-58(77(10,11)12)43-59(42-54)78(13,14)15/h22-48H,1-21H3. The molecular weight excluding hydrogens is 989 g/mol. The second-order valence-electron chi connectivity index (χ2n) is 31.4. The maximum atomic E-state index is 2.55. The fourth-order valence-corrected chi connectivity index (χ4v) is 12.3. The first kappa shape index (κ1) is 56.7. The van der Waals surface area contributed by atoms with Crippen molar-refractivity contribution in [3.63, 3.8) is 0 Å². The van der Waals surface area contributed by atoms with Crippen LogP contribution in [0.3, 0.4) is 0 Å². The topological polar surface area (TPSA) is 8.17 Å². The summed E-state index contributed by atoms with van der Waals surface area (Å²) in [7, 11) is 0. The molecule has 11 rings (SSSR count). The Kier molecular flexibility index (Phi) is 13.3. The van der Waals surface area contributed by atoms with Gasteiger partial charge in [-0.25, -0.2) is 0 Å². The van der Waals surface area contributed by atoms with Crippen molar-refractivity contribution in [1.82, 2.24) is 4.57 Å². The zero-order valence-corrected chi connectivity index (χ0v) is 53.5. The van der Waals surface area contributed by atoms with E-state index in [2.05, 4.69) is 319 Å². The molecule has 0 aliphatic heterocycles. The Balaban J connectivity index is 1.13. The van der Waals surface area contributed by atoms with E-state index in [1.54, 1.807) is 0 Å². The lowest BCUT2D eigenvalue weighted by molar-refractivity contribution is 0.568. The van der Waals surface area contributed by atoms with Gasteiger partial charge in [-0.05, 0) is 187 Å². The van der Waals surface area contributed by atoms with Gasteiger partial charge in [0, 0.05) is 32.9 Å². The molecular formula is C80H90N2. The van der Waals surface area contributed by atoms with Crippen molar-refractivity contribution in [3.8, 4) is 27.9 Å². The van der Waals surface area contributed by atoms with Crippen LogP contribution in [0.15, 0.2) is 164 Å². The molecule has 0 amide bonds. The van der Waals surface area contributed by atoms with Crippen molar-refractivity contribution in [1.29, 1.82) is 0 Å². The highest BCUT2D eigenvalue weighted by molar-refractivity contribution is 6.27. The smallest absolute Gasteiger partial charge is 0.0541 e. The first-order valence-corrected chi connectivity index (χ1v) is 30.2. The van der Waals surface area contributed by atoms with Crippen molar-refractivity contribution in [2.75, 3.05) is 4.90 Å². The fourth-order valence-electron chi connectivity index (χ4n) is 12.3. The number of hydrogen-bond acceptors (Lipinski definition) is 1.